The van der Waals surface area contributed by atoms with Crippen molar-refractivity contribution in [3.63, 3.8) is 0 Å². The molecular weight excluding hydrogens is 296 g/mol. The molecule has 3 rings (SSSR count). The Labute approximate surface area is 137 Å². The first-order valence-corrected chi connectivity index (χ1v) is 7.42. The average Bonchev–Trinajstić information content (AvgIpc) is 2.54. The molecule has 0 bridgehead atoms. The summed E-state index contributed by atoms with van der Waals surface area (Å²) in [6, 6.07) is 15.8. The van der Waals surface area contributed by atoms with Crippen LogP contribution in [0.4, 0.5) is 11.4 Å². The fraction of sp³-hybridized carbons (Fsp3) is 0.278. The normalized spacial score (nSPS) is 14.7. The first-order chi connectivity index (χ1) is 10.2. The molecule has 1 heterocycles. The van der Waals surface area contributed by atoms with Gasteiger partial charge >= 0.3 is 0 Å². The van der Waals surface area contributed by atoms with Gasteiger partial charge in [-0.05, 0) is 43.0 Å². The molecule has 1 unspecified atom stereocenters. The van der Waals surface area contributed by atoms with Crippen LogP contribution in [0.3, 0.4) is 0 Å². The molecular formula is C18H21ClN2O. The molecule has 1 aliphatic heterocycles. The number of hydrogen-bond donors (Lipinski definition) is 1. The number of carbonyl (C=O) groups is 1. The van der Waals surface area contributed by atoms with Gasteiger partial charge in [0.1, 0.15) is 0 Å². The predicted molar refractivity (Wildman–Crippen MR) is 93.6 cm³/mol. The molecule has 0 aromatic heterocycles. The van der Waals surface area contributed by atoms with Crippen molar-refractivity contribution in [3.8, 4) is 0 Å². The summed E-state index contributed by atoms with van der Waals surface area (Å²) >= 11 is 0. The summed E-state index contributed by atoms with van der Waals surface area (Å²) in [4.78, 5) is 14.8. The molecule has 1 aliphatic rings. The average molecular weight is 317 g/mol. The van der Waals surface area contributed by atoms with E-state index in [1.54, 1.807) is 0 Å². The van der Waals surface area contributed by atoms with E-state index in [1.807, 2.05) is 60.4 Å². The quantitative estimate of drug-likeness (QED) is 0.857. The predicted octanol–water partition coefficient (Wildman–Crippen LogP) is 3.77. The molecule has 0 spiro atoms. The van der Waals surface area contributed by atoms with Crippen molar-refractivity contribution in [1.82, 2.24) is 0 Å². The molecule has 2 aromatic carbocycles. The van der Waals surface area contributed by atoms with E-state index in [0.29, 0.717) is 0 Å². The number of carbonyl (C=O) groups excluding carboxylic acids is 1. The zero-order valence-electron chi connectivity index (χ0n) is 12.7. The van der Waals surface area contributed by atoms with Crippen LogP contribution in [-0.2, 0) is 11.2 Å². The summed E-state index contributed by atoms with van der Waals surface area (Å²) in [6.07, 6.45) is 1.92. The van der Waals surface area contributed by atoms with Gasteiger partial charge in [-0.15, -0.1) is 12.4 Å². The Bertz CT molecular complexity index is 657. The molecule has 2 aromatic rings. The zero-order valence-corrected chi connectivity index (χ0v) is 13.5. The number of halogens is 1. The third-order valence-electron chi connectivity index (χ3n) is 4.22. The lowest BCUT2D eigenvalue weighted by molar-refractivity contribution is -0.119. The second-order valence-electron chi connectivity index (χ2n) is 5.57. The molecule has 116 valence electrons. The van der Waals surface area contributed by atoms with Crippen molar-refractivity contribution in [2.75, 3.05) is 17.2 Å². The van der Waals surface area contributed by atoms with Crippen LogP contribution in [-0.4, -0.2) is 12.5 Å². The highest BCUT2D eigenvalue weighted by Gasteiger charge is 2.27. The minimum atomic E-state index is -0.140. The maximum absolute atomic E-state index is 12.9. The Morgan fingerprint density at radius 3 is 2.59 bits per heavy atom. The zero-order chi connectivity index (χ0) is 14.8. The van der Waals surface area contributed by atoms with Crippen LogP contribution in [0, 0.1) is 0 Å². The molecule has 1 amide bonds. The smallest absolute Gasteiger partial charge is 0.234 e. The topological polar surface area (TPSA) is 46.3 Å². The molecule has 4 heteroatoms. The number of nitrogens with two attached hydrogens (primary N) is 1. The van der Waals surface area contributed by atoms with E-state index in [4.69, 9.17) is 5.73 Å². The Morgan fingerprint density at radius 2 is 1.86 bits per heavy atom. The van der Waals surface area contributed by atoms with Gasteiger partial charge < -0.3 is 10.6 Å². The van der Waals surface area contributed by atoms with Crippen LogP contribution < -0.4 is 10.6 Å². The van der Waals surface area contributed by atoms with E-state index >= 15 is 0 Å². The SMILES string of the molecule is CC(C(=O)N1CCCc2c(N)cccc21)c1ccccc1.Cl. The van der Waals surface area contributed by atoms with E-state index in [1.165, 1.54) is 0 Å². The highest BCUT2D eigenvalue weighted by molar-refractivity contribution is 5.99. The van der Waals surface area contributed by atoms with E-state index in [9.17, 15) is 4.79 Å². The van der Waals surface area contributed by atoms with Crippen LogP contribution >= 0.6 is 12.4 Å². The summed E-state index contributed by atoms with van der Waals surface area (Å²) in [5, 5.41) is 0. The van der Waals surface area contributed by atoms with Crippen LogP contribution in [0.1, 0.15) is 30.4 Å². The summed E-state index contributed by atoms with van der Waals surface area (Å²) in [7, 11) is 0. The molecule has 0 saturated carbocycles. The van der Waals surface area contributed by atoms with Gasteiger partial charge in [0.05, 0.1) is 5.92 Å². The van der Waals surface area contributed by atoms with E-state index in [0.717, 1.165) is 41.9 Å². The number of hydrogen-bond acceptors (Lipinski definition) is 2. The second-order valence-corrected chi connectivity index (χ2v) is 5.57. The van der Waals surface area contributed by atoms with Crippen LogP contribution in [0.5, 0.6) is 0 Å². The monoisotopic (exact) mass is 316 g/mol. The number of rotatable bonds is 2. The van der Waals surface area contributed by atoms with Crippen molar-refractivity contribution in [3.05, 3.63) is 59.7 Å². The lowest BCUT2D eigenvalue weighted by Crippen LogP contribution is -2.38. The lowest BCUT2D eigenvalue weighted by Gasteiger charge is -2.32. The van der Waals surface area contributed by atoms with Gasteiger partial charge in [-0.25, -0.2) is 0 Å². The number of anilines is 2. The summed E-state index contributed by atoms with van der Waals surface area (Å²) in [6.45, 7) is 2.74. The van der Waals surface area contributed by atoms with Crippen LogP contribution in [0.2, 0.25) is 0 Å². The number of nitrogens with zero attached hydrogens (tertiary/aromatic N) is 1. The molecule has 22 heavy (non-hydrogen) atoms. The first-order valence-electron chi connectivity index (χ1n) is 7.42. The van der Waals surface area contributed by atoms with Crippen molar-refractivity contribution < 1.29 is 4.79 Å². The maximum atomic E-state index is 12.9. The van der Waals surface area contributed by atoms with Gasteiger partial charge in [0.2, 0.25) is 5.91 Å². The van der Waals surface area contributed by atoms with Gasteiger partial charge in [0.15, 0.2) is 0 Å². The minimum absolute atomic E-state index is 0. The number of fused-ring (bicyclic) bond motifs is 1. The molecule has 0 radical (unpaired) electrons. The van der Waals surface area contributed by atoms with Gasteiger partial charge in [0, 0.05) is 17.9 Å². The van der Waals surface area contributed by atoms with Crippen LogP contribution in [0.15, 0.2) is 48.5 Å². The third-order valence-corrected chi connectivity index (χ3v) is 4.22. The van der Waals surface area contributed by atoms with Crippen molar-refractivity contribution in [1.29, 1.82) is 0 Å². The molecule has 3 nitrogen and oxygen atoms in total. The van der Waals surface area contributed by atoms with Crippen molar-refractivity contribution >= 4 is 29.7 Å². The molecule has 0 fully saturated rings. The van der Waals surface area contributed by atoms with Gasteiger partial charge in [-0.2, -0.15) is 0 Å². The second kappa shape index (κ2) is 6.84. The molecule has 0 aliphatic carbocycles. The number of benzene rings is 2. The highest BCUT2D eigenvalue weighted by Crippen LogP contribution is 2.33. The Balaban J connectivity index is 0.00000176. The first kappa shape index (κ1) is 16.4. The summed E-state index contributed by atoms with van der Waals surface area (Å²) in [5.74, 6) is 0.00586. The van der Waals surface area contributed by atoms with E-state index in [-0.39, 0.29) is 24.2 Å². The standard InChI is InChI=1S/C18H20N2O.ClH/c1-13(14-7-3-2-4-8-14)18(21)20-12-6-9-15-16(19)10-5-11-17(15)20;/h2-5,7-8,10-11,13H,6,9,12,19H2,1H3;1H. The fourth-order valence-electron chi connectivity index (χ4n) is 3.00. The van der Waals surface area contributed by atoms with E-state index < -0.39 is 0 Å². The van der Waals surface area contributed by atoms with Crippen molar-refractivity contribution in [2.45, 2.75) is 25.7 Å². The van der Waals surface area contributed by atoms with Gasteiger partial charge in [0.25, 0.3) is 0 Å². The summed E-state index contributed by atoms with van der Waals surface area (Å²) in [5.41, 5.74) is 9.99. The number of nitrogen functional groups attached to an aromatic ring is 1. The largest absolute Gasteiger partial charge is 0.398 e. The molecule has 0 saturated heterocycles. The molecule has 2 N–H and O–H groups in total. The Hall–Kier alpha value is -2.00. The Kier molecular flexibility index (Phi) is 5.09. The van der Waals surface area contributed by atoms with Crippen molar-refractivity contribution in [2.24, 2.45) is 0 Å². The minimum Gasteiger partial charge on any atom is -0.398 e. The highest BCUT2D eigenvalue weighted by atomic mass is 35.5. The van der Waals surface area contributed by atoms with Crippen LogP contribution in [0.25, 0.3) is 0 Å². The third kappa shape index (κ3) is 2.95. The summed E-state index contributed by atoms with van der Waals surface area (Å²) < 4.78 is 0. The van der Waals surface area contributed by atoms with E-state index in [2.05, 4.69) is 0 Å². The maximum Gasteiger partial charge on any atom is 0.234 e. The number of amides is 1. The Morgan fingerprint density at radius 1 is 1.14 bits per heavy atom. The van der Waals surface area contributed by atoms with Gasteiger partial charge in [-0.3, -0.25) is 4.79 Å². The van der Waals surface area contributed by atoms with Gasteiger partial charge in [-0.1, -0.05) is 36.4 Å². The fourth-order valence-corrected chi connectivity index (χ4v) is 3.00. The lowest BCUT2D eigenvalue weighted by atomic mass is 9.95. The molecule has 1 atom stereocenters.